The van der Waals surface area contributed by atoms with Gasteiger partial charge in [0.1, 0.15) is 0 Å². The fraction of sp³-hybridized carbons (Fsp3) is 0.571. The Labute approximate surface area is 112 Å². The normalized spacial score (nSPS) is 20.6. The molecule has 0 aliphatic carbocycles. The lowest BCUT2D eigenvalue weighted by Crippen LogP contribution is -2.39. The Balaban J connectivity index is 2.23. The molecule has 1 heterocycles. The number of piperidine rings is 1. The number of anilines is 1. The Morgan fingerprint density at radius 1 is 1.41 bits per heavy atom. The fourth-order valence-electron chi connectivity index (χ4n) is 2.61. The molecular weight excluding hydrogens is 278 g/mol. The summed E-state index contributed by atoms with van der Waals surface area (Å²) >= 11 is 3.53. The van der Waals surface area contributed by atoms with E-state index in [4.69, 9.17) is 0 Å². The first-order valence-corrected chi connectivity index (χ1v) is 7.21. The van der Waals surface area contributed by atoms with Crippen LogP contribution in [0.1, 0.15) is 38.2 Å². The highest BCUT2D eigenvalue weighted by Gasteiger charge is 2.21. The zero-order valence-corrected chi connectivity index (χ0v) is 11.9. The summed E-state index contributed by atoms with van der Waals surface area (Å²) in [5.74, 6) is 0. The quantitative estimate of drug-likeness (QED) is 0.919. The van der Waals surface area contributed by atoms with Crippen LogP contribution in [0.5, 0.6) is 0 Å². The molecule has 0 saturated carbocycles. The molecule has 1 fully saturated rings. The highest BCUT2D eigenvalue weighted by molar-refractivity contribution is 9.10. The zero-order valence-electron chi connectivity index (χ0n) is 10.3. The molecule has 1 saturated heterocycles. The van der Waals surface area contributed by atoms with Gasteiger partial charge in [-0.25, -0.2) is 0 Å². The summed E-state index contributed by atoms with van der Waals surface area (Å²) in [6.07, 6.45) is 5.15. The van der Waals surface area contributed by atoms with Crippen LogP contribution in [0.25, 0.3) is 0 Å². The van der Waals surface area contributed by atoms with Gasteiger partial charge in [-0.15, -0.1) is 0 Å². The van der Waals surface area contributed by atoms with Crippen molar-refractivity contribution in [3.05, 3.63) is 28.2 Å². The number of nitrogens with zero attached hydrogens (tertiary/aromatic N) is 1. The third-order valence-corrected chi connectivity index (χ3v) is 4.38. The molecule has 1 aliphatic heterocycles. The first-order valence-electron chi connectivity index (χ1n) is 6.42. The number of benzene rings is 1. The standard InChI is InChI=1S/C14H20BrNO/c1-2-12-5-3-4-8-16(12)13-7-6-11(10-17)14(15)9-13/h6-7,9,12,17H,2-5,8,10H2,1H3. The van der Waals surface area contributed by atoms with E-state index in [0.29, 0.717) is 6.04 Å². The van der Waals surface area contributed by atoms with Crippen molar-refractivity contribution < 1.29 is 5.11 Å². The second-order valence-corrected chi connectivity index (χ2v) is 5.54. The monoisotopic (exact) mass is 297 g/mol. The number of hydrogen-bond donors (Lipinski definition) is 1. The molecule has 0 amide bonds. The van der Waals surface area contributed by atoms with Crippen LogP contribution in [-0.2, 0) is 6.61 Å². The molecule has 1 N–H and O–H groups in total. The summed E-state index contributed by atoms with van der Waals surface area (Å²) < 4.78 is 1.01. The Hall–Kier alpha value is -0.540. The van der Waals surface area contributed by atoms with Crippen LogP contribution in [0.4, 0.5) is 5.69 Å². The molecule has 0 aromatic heterocycles. The summed E-state index contributed by atoms with van der Waals surface area (Å²) in [4.78, 5) is 2.51. The lowest BCUT2D eigenvalue weighted by Gasteiger charge is -2.37. The third-order valence-electron chi connectivity index (χ3n) is 3.64. The van der Waals surface area contributed by atoms with Gasteiger partial charge in [-0.3, -0.25) is 0 Å². The Morgan fingerprint density at radius 3 is 2.88 bits per heavy atom. The first kappa shape index (κ1) is 12.9. The lowest BCUT2D eigenvalue weighted by atomic mass is 9.99. The van der Waals surface area contributed by atoms with E-state index in [1.54, 1.807) is 0 Å². The molecule has 0 radical (unpaired) electrons. The van der Waals surface area contributed by atoms with Gasteiger partial charge in [0.15, 0.2) is 0 Å². The zero-order chi connectivity index (χ0) is 12.3. The van der Waals surface area contributed by atoms with Gasteiger partial charge in [-0.1, -0.05) is 28.9 Å². The van der Waals surface area contributed by atoms with E-state index in [1.807, 2.05) is 6.07 Å². The summed E-state index contributed by atoms with van der Waals surface area (Å²) in [6.45, 7) is 3.52. The molecule has 1 aliphatic rings. The number of rotatable bonds is 3. The Kier molecular flexibility index (Phi) is 4.46. The van der Waals surface area contributed by atoms with Gasteiger partial charge in [0, 0.05) is 22.7 Å². The van der Waals surface area contributed by atoms with Gasteiger partial charge < -0.3 is 10.0 Å². The molecule has 2 nitrogen and oxygen atoms in total. The van der Waals surface area contributed by atoms with Gasteiger partial charge in [0.2, 0.25) is 0 Å². The average molecular weight is 298 g/mol. The van der Waals surface area contributed by atoms with Gasteiger partial charge in [-0.2, -0.15) is 0 Å². The molecular formula is C14H20BrNO. The summed E-state index contributed by atoms with van der Waals surface area (Å²) in [5.41, 5.74) is 2.24. The van der Waals surface area contributed by atoms with E-state index in [1.165, 1.54) is 31.4 Å². The van der Waals surface area contributed by atoms with Gasteiger partial charge in [0.05, 0.1) is 6.61 Å². The summed E-state index contributed by atoms with van der Waals surface area (Å²) in [5, 5.41) is 9.17. The van der Waals surface area contributed by atoms with E-state index >= 15 is 0 Å². The largest absolute Gasteiger partial charge is 0.392 e. The summed E-state index contributed by atoms with van der Waals surface area (Å²) in [6, 6.07) is 6.96. The predicted molar refractivity (Wildman–Crippen MR) is 75.3 cm³/mol. The van der Waals surface area contributed by atoms with Crippen LogP contribution in [0.2, 0.25) is 0 Å². The van der Waals surface area contributed by atoms with Crippen LogP contribution >= 0.6 is 15.9 Å². The van der Waals surface area contributed by atoms with E-state index in [9.17, 15) is 5.11 Å². The smallest absolute Gasteiger partial charge is 0.0692 e. The molecule has 1 unspecified atom stereocenters. The topological polar surface area (TPSA) is 23.5 Å². The number of aliphatic hydroxyl groups excluding tert-OH is 1. The molecule has 0 spiro atoms. The second-order valence-electron chi connectivity index (χ2n) is 4.69. The molecule has 3 heteroatoms. The van der Waals surface area contributed by atoms with E-state index in [2.05, 4.69) is 39.9 Å². The minimum atomic E-state index is 0.0953. The molecule has 2 rings (SSSR count). The maximum atomic E-state index is 9.17. The van der Waals surface area contributed by atoms with Crippen molar-refractivity contribution in [2.75, 3.05) is 11.4 Å². The van der Waals surface area contributed by atoms with Gasteiger partial charge in [0.25, 0.3) is 0 Å². The van der Waals surface area contributed by atoms with Crippen molar-refractivity contribution in [2.24, 2.45) is 0 Å². The molecule has 17 heavy (non-hydrogen) atoms. The highest BCUT2D eigenvalue weighted by Crippen LogP contribution is 2.30. The van der Waals surface area contributed by atoms with E-state index in [0.717, 1.165) is 16.6 Å². The minimum absolute atomic E-state index is 0.0953. The third kappa shape index (κ3) is 2.83. The van der Waals surface area contributed by atoms with Crippen molar-refractivity contribution in [3.63, 3.8) is 0 Å². The molecule has 1 aromatic rings. The molecule has 0 bridgehead atoms. The number of halogens is 1. The predicted octanol–water partition coefficient (Wildman–Crippen LogP) is 3.71. The van der Waals surface area contributed by atoms with Gasteiger partial charge >= 0.3 is 0 Å². The highest BCUT2D eigenvalue weighted by atomic mass is 79.9. The Bertz CT molecular complexity index is 380. The van der Waals surface area contributed by atoms with Crippen LogP contribution in [-0.4, -0.2) is 17.7 Å². The lowest BCUT2D eigenvalue weighted by molar-refractivity contribution is 0.281. The SMILES string of the molecule is CCC1CCCCN1c1ccc(CO)c(Br)c1. The number of hydrogen-bond acceptors (Lipinski definition) is 2. The maximum absolute atomic E-state index is 9.17. The fourth-order valence-corrected chi connectivity index (χ4v) is 3.10. The van der Waals surface area contributed by atoms with Crippen LogP contribution in [0.3, 0.4) is 0 Å². The molecule has 1 aromatic carbocycles. The Morgan fingerprint density at radius 2 is 2.24 bits per heavy atom. The minimum Gasteiger partial charge on any atom is -0.392 e. The van der Waals surface area contributed by atoms with Crippen LogP contribution in [0.15, 0.2) is 22.7 Å². The summed E-state index contributed by atoms with van der Waals surface area (Å²) in [7, 11) is 0. The molecule has 94 valence electrons. The van der Waals surface area contributed by atoms with Crippen molar-refractivity contribution in [3.8, 4) is 0 Å². The first-order chi connectivity index (χ1) is 8.26. The van der Waals surface area contributed by atoms with Crippen molar-refractivity contribution in [2.45, 2.75) is 45.3 Å². The number of aliphatic hydroxyl groups is 1. The second kappa shape index (κ2) is 5.87. The van der Waals surface area contributed by atoms with E-state index < -0.39 is 0 Å². The van der Waals surface area contributed by atoms with Crippen LogP contribution in [0, 0.1) is 0 Å². The van der Waals surface area contributed by atoms with Crippen LogP contribution < -0.4 is 4.90 Å². The van der Waals surface area contributed by atoms with Gasteiger partial charge in [-0.05, 0) is 43.4 Å². The average Bonchev–Trinajstić information content (AvgIpc) is 2.38. The van der Waals surface area contributed by atoms with Crippen molar-refractivity contribution in [1.82, 2.24) is 0 Å². The molecule has 1 atom stereocenters. The van der Waals surface area contributed by atoms with E-state index in [-0.39, 0.29) is 6.61 Å². The maximum Gasteiger partial charge on any atom is 0.0692 e. The van der Waals surface area contributed by atoms with Crippen molar-refractivity contribution in [1.29, 1.82) is 0 Å². The van der Waals surface area contributed by atoms with Crippen molar-refractivity contribution >= 4 is 21.6 Å².